The maximum atomic E-state index is 12.0. The number of oxime groups is 1. The second kappa shape index (κ2) is 5.34. The molecule has 98 valence electrons. The molecule has 0 saturated carbocycles. The van der Waals surface area contributed by atoms with Crippen LogP contribution in [0.2, 0.25) is 0 Å². The fourth-order valence-electron chi connectivity index (χ4n) is 1.66. The molecule has 0 radical (unpaired) electrons. The SMILES string of the molecule is CC(NC(=O)c1ccc2ncccc2c1)C(N)=NO. The predicted molar refractivity (Wildman–Crippen MR) is 72.1 cm³/mol. The number of carbonyl (C=O) groups is 1. The number of hydrogen-bond acceptors (Lipinski definition) is 4. The lowest BCUT2D eigenvalue weighted by molar-refractivity contribution is 0.0949. The van der Waals surface area contributed by atoms with Crippen molar-refractivity contribution >= 4 is 22.6 Å². The summed E-state index contributed by atoms with van der Waals surface area (Å²) in [6.45, 7) is 1.63. The van der Waals surface area contributed by atoms with E-state index in [0.29, 0.717) is 5.56 Å². The Morgan fingerprint density at radius 1 is 1.47 bits per heavy atom. The molecule has 1 heterocycles. The highest BCUT2D eigenvalue weighted by Gasteiger charge is 2.13. The van der Waals surface area contributed by atoms with E-state index < -0.39 is 6.04 Å². The minimum absolute atomic E-state index is 0.0456. The summed E-state index contributed by atoms with van der Waals surface area (Å²) in [5.74, 6) is -0.333. The summed E-state index contributed by atoms with van der Waals surface area (Å²) in [6.07, 6.45) is 1.70. The number of amides is 1. The summed E-state index contributed by atoms with van der Waals surface area (Å²) in [4.78, 5) is 16.2. The Balaban J connectivity index is 2.22. The van der Waals surface area contributed by atoms with Gasteiger partial charge < -0.3 is 16.3 Å². The highest BCUT2D eigenvalue weighted by atomic mass is 16.4. The normalized spacial score (nSPS) is 13.2. The molecule has 0 aliphatic heterocycles. The standard InChI is InChI=1S/C13H14N4O2/c1-8(12(14)17-19)16-13(18)10-4-5-11-9(7-10)3-2-6-15-11/h2-8,19H,1H3,(H2,14,17)(H,16,18). The monoisotopic (exact) mass is 258 g/mol. The fourth-order valence-corrected chi connectivity index (χ4v) is 1.66. The van der Waals surface area contributed by atoms with Crippen LogP contribution in [0.1, 0.15) is 17.3 Å². The van der Waals surface area contributed by atoms with Gasteiger partial charge in [-0.25, -0.2) is 0 Å². The third-order valence-electron chi connectivity index (χ3n) is 2.77. The van der Waals surface area contributed by atoms with Gasteiger partial charge in [0.05, 0.1) is 11.6 Å². The molecule has 19 heavy (non-hydrogen) atoms. The van der Waals surface area contributed by atoms with E-state index in [0.717, 1.165) is 10.9 Å². The van der Waals surface area contributed by atoms with Crippen LogP contribution >= 0.6 is 0 Å². The number of nitrogens with zero attached hydrogens (tertiary/aromatic N) is 2. The van der Waals surface area contributed by atoms with Gasteiger partial charge in [0, 0.05) is 17.1 Å². The minimum atomic E-state index is -0.540. The average molecular weight is 258 g/mol. The van der Waals surface area contributed by atoms with Crippen molar-refractivity contribution in [3.63, 3.8) is 0 Å². The highest BCUT2D eigenvalue weighted by molar-refractivity contribution is 6.00. The number of pyridine rings is 1. The molecule has 0 saturated heterocycles. The lowest BCUT2D eigenvalue weighted by Gasteiger charge is -2.12. The van der Waals surface area contributed by atoms with Crippen LogP contribution in [0.5, 0.6) is 0 Å². The molecule has 1 unspecified atom stereocenters. The van der Waals surface area contributed by atoms with Crippen molar-refractivity contribution in [2.45, 2.75) is 13.0 Å². The first-order valence-corrected chi connectivity index (χ1v) is 5.75. The van der Waals surface area contributed by atoms with E-state index in [1.54, 1.807) is 31.3 Å². The number of nitrogens with two attached hydrogens (primary N) is 1. The fraction of sp³-hybridized carbons (Fsp3) is 0.154. The molecule has 1 aromatic heterocycles. The number of rotatable bonds is 3. The summed E-state index contributed by atoms with van der Waals surface area (Å²) in [5.41, 5.74) is 6.73. The molecule has 4 N–H and O–H groups in total. The molecule has 0 spiro atoms. The van der Waals surface area contributed by atoms with Crippen molar-refractivity contribution < 1.29 is 10.0 Å². The van der Waals surface area contributed by atoms with Gasteiger partial charge in [0.1, 0.15) is 0 Å². The molecule has 1 atom stereocenters. The van der Waals surface area contributed by atoms with Crippen molar-refractivity contribution in [1.29, 1.82) is 0 Å². The van der Waals surface area contributed by atoms with E-state index in [-0.39, 0.29) is 11.7 Å². The van der Waals surface area contributed by atoms with E-state index in [2.05, 4.69) is 15.5 Å². The van der Waals surface area contributed by atoms with Crippen molar-refractivity contribution in [2.24, 2.45) is 10.9 Å². The summed E-state index contributed by atoms with van der Waals surface area (Å²) in [6, 6.07) is 8.36. The lowest BCUT2D eigenvalue weighted by atomic mass is 10.1. The van der Waals surface area contributed by atoms with Crippen LogP contribution in [0.4, 0.5) is 0 Å². The first-order chi connectivity index (χ1) is 9.11. The maximum absolute atomic E-state index is 12.0. The highest BCUT2D eigenvalue weighted by Crippen LogP contribution is 2.13. The lowest BCUT2D eigenvalue weighted by Crippen LogP contribution is -2.42. The van der Waals surface area contributed by atoms with E-state index in [4.69, 9.17) is 10.9 Å². The summed E-state index contributed by atoms with van der Waals surface area (Å²) in [7, 11) is 0. The van der Waals surface area contributed by atoms with Gasteiger partial charge in [0.15, 0.2) is 5.84 Å². The molecular weight excluding hydrogens is 244 g/mol. The first-order valence-electron chi connectivity index (χ1n) is 5.75. The average Bonchev–Trinajstić information content (AvgIpc) is 2.45. The molecule has 2 aromatic rings. The number of nitrogens with one attached hydrogen (secondary N) is 1. The zero-order chi connectivity index (χ0) is 13.8. The van der Waals surface area contributed by atoms with E-state index in [1.807, 2.05) is 12.1 Å². The van der Waals surface area contributed by atoms with Crippen LogP contribution in [-0.4, -0.2) is 28.0 Å². The second-order valence-corrected chi connectivity index (χ2v) is 4.13. The molecule has 0 bridgehead atoms. The largest absolute Gasteiger partial charge is 0.409 e. The van der Waals surface area contributed by atoms with E-state index in [1.165, 1.54) is 0 Å². The molecule has 0 fully saturated rings. The zero-order valence-corrected chi connectivity index (χ0v) is 10.4. The van der Waals surface area contributed by atoms with Gasteiger partial charge in [-0.1, -0.05) is 11.2 Å². The molecule has 0 aliphatic carbocycles. The zero-order valence-electron chi connectivity index (χ0n) is 10.4. The molecule has 0 aliphatic rings. The Kier molecular flexibility index (Phi) is 3.61. The van der Waals surface area contributed by atoms with Gasteiger partial charge in [-0.05, 0) is 31.2 Å². The van der Waals surface area contributed by atoms with Gasteiger partial charge in [0.25, 0.3) is 5.91 Å². The molecule has 6 nitrogen and oxygen atoms in total. The Labute approximate surface area is 109 Å². The smallest absolute Gasteiger partial charge is 0.251 e. The molecule has 1 amide bonds. The van der Waals surface area contributed by atoms with Crippen LogP contribution in [0.3, 0.4) is 0 Å². The van der Waals surface area contributed by atoms with E-state index in [9.17, 15) is 4.79 Å². The number of fused-ring (bicyclic) bond motifs is 1. The molecule has 2 rings (SSSR count). The summed E-state index contributed by atoms with van der Waals surface area (Å²) >= 11 is 0. The minimum Gasteiger partial charge on any atom is -0.409 e. The van der Waals surface area contributed by atoms with Crippen molar-refractivity contribution in [1.82, 2.24) is 10.3 Å². The number of benzene rings is 1. The van der Waals surface area contributed by atoms with Gasteiger partial charge >= 0.3 is 0 Å². The van der Waals surface area contributed by atoms with Gasteiger partial charge in [0.2, 0.25) is 0 Å². The van der Waals surface area contributed by atoms with Crippen molar-refractivity contribution in [3.05, 3.63) is 42.1 Å². The van der Waals surface area contributed by atoms with Crippen molar-refractivity contribution in [2.75, 3.05) is 0 Å². The maximum Gasteiger partial charge on any atom is 0.251 e. The Bertz CT molecular complexity index is 639. The van der Waals surface area contributed by atoms with Gasteiger partial charge in [-0.3, -0.25) is 9.78 Å². The number of hydrogen-bond donors (Lipinski definition) is 3. The topological polar surface area (TPSA) is 101 Å². The summed E-state index contributed by atoms with van der Waals surface area (Å²) in [5, 5.41) is 14.9. The molecule has 6 heteroatoms. The number of aromatic nitrogens is 1. The number of carbonyl (C=O) groups excluding carboxylic acids is 1. The Hall–Kier alpha value is -2.63. The number of amidine groups is 1. The Morgan fingerprint density at radius 3 is 3.00 bits per heavy atom. The van der Waals surface area contributed by atoms with Crippen LogP contribution in [0.25, 0.3) is 10.9 Å². The molecule has 1 aromatic carbocycles. The third kappa shape index (κ3) is 2.79. The van der Waals surface area contributed by atoms with Gasteiger partial charge in [-0.2, -0.15) is 0 Å². The van der Waals surface area contributed by atoms with Crippen molar-refractivity contribution in [3.8, 4) is 0 Å². The van der Waals surface area contributed by atoms with Crippen LogP contribution in [0, 0.1) is 0 Å². The van der Waals surface area contributed by atoms with Crippen LogP contribution in [-0.2, 0) is 0 Å². The van der Waals surface area contributed by atoms with Gasteiger partial charge in [-0.15, -0.1) is 0 Å². The summed E-state index contributed by atoms with van der Waals surface area (Å²) < 4.78 is 0. The molecular formula is C13H14N4O2. The Morgan fingerprint density at radius 2 is 2.26 bits per heavy atom. The quantitative estimate of drug-likeness (QED) is 0.332. The third-order valence-corrected chi connectivity index (χ3v) is 2.77. The first kappa shape index (κ1) is 12.8. The van der Waals surface area contributed by atoms with Crippen LogP contribution in [0.15, 0.2) is 41.7 Å². The predicted octanol–water partition coefficient (Wildman–Crippen LogP) is 1.10. The van der Waals surface area contributed by atoms with Crippen LogP contribution < -0.4 is 11.1 Å². The second-order valence-electron chi connectivity index (χ2n) is 4.13. The van der Waals surface area contributed by atoms with E-state index >= 15 is 0 Å².